The lowest BCUT2D eigenvalue weighted by molar-refractivity contribution is -0.120. The van der Waals surface area contributed by atoms with Crippen LogP contribution in [0.5, 0.6) is 0 Å². The maximum absolute atomic E-state index is 12.2. The normalized spacial score (nSPS) is 13.7. The minimum absolute atomic E-state index is 0.0168. The minimum atomic E-state index is -0.130. The molecule has 0 unspecified atom stereocenters. The zero-order chi connectivity index (χ0) is 19.2. The van der Waals surface area contributed by atoms with Gasteiger partial charge in [0, 0.05) is 37.1 Å². The second-order valence-electron chi connectivity index (χ2n) is 6.42. The Bertz CT molecular complexity index is 831. The van der Waals surface area contributed by atoms with Crippen LogP contribution in [0.25, 0.3) is 0 Å². The highest BCUT2D eigenvalue weighted by Crippen LogP contribution is 2.19. The van der Waals surface area contributed by atoms with Crippen molar-refractivity contribution in [3.05, 3.63) is 54.1 Å². The van der Waals surface area contributed by atoms with Gasteiger partial charge < -0.3 is 20.9 Å². The number of carbonyl (C=O) groups is 3. The number of hydrogen-bond acceptors (Lipinski definition) is 4. The zero-order valence-electron chi connectivity index (χ0n) is 15.1. The summed E-state index contributed by atoms with van der Waals surface area (Å²) in [5.41, 5.74) is 3.22. The van der Waals surface area contributed by atoms with Crippen molar-refractivity contribution in [2.75, 3.05) is 35.2 Å². The summed E-state index contributed by atoms with van der Waals surface area (Å²) < 4.78 is 0. The standard InChI is InChI=1S/C20H22N4O3/c1-14(25)22-16-4-2-15(3-5-16)12-19(26)23-17-6-8-18(9-7-17)24-11-10-21-20(27)13-24/h2-9H,10-13H2,1H3,(H,21,27)(H,22,25)(H,23,26). The first kappa shape index (κ1) is 18.4. The Kier molecular flexibility index (Phi) is 5.71. The number of benzene rings is 2. The molecule has 2 aromatic carbocycles. The molecule has 1 saturated heterocycles. The van der Waals surface area contributed by atoms with Crippen molar-refractivity contribution in [1.29, 1.82) is 0 Å². The molecule has 140 valence electrons. The lowest BCUT2D eigenvalue weighted by Crippen LogP contribution is -2.47. The third-order valence-electron chi connectivity index (χ3n) is 4.19. The van der Waals surface area contributed by atoms with Gasteiger partial charge in [0.2, 0.25) is 17.7 Å². The molecular formula is C20H22N4O3. The van der Waals surface area contributed by atoms with Crippen molar-refractivity contribution >= 4 is 34.8 Å². The maximum Gasteiger partial charge on any atom is 0.239 e. The van der Waals surface area contributed by atoms with Gasteiger partial charge >= 0.3 is 0 Å². The molecule has 1 fully saturated rings. The van der Waals surface area contributed by atoms with Gasteiger partial charge in [-0.2, -0.15) is 0 Å². The highest BCUT2D eigenvalue weighted by molar-refractivity contribution is 5.93. The monoisotopic (exact) mass is 366 g/mol. The molecule has 3 amide bonds. The van der Waals surface area contributed by atoms with Crippen LogP contribution in [0.2, 0.25) is 0 Å². The van der Waals surface area contributed by atoms with E-state index in [1.807, 2.05) is 41.3 Å². The number of amides is 3. The molecule has 0 aliphatic carbocycles. The molecule has 7 nitrogen and oxygen atoms in total. The Morgan fingerprint density at radius 2 is 1.63 bits per heavy atom. The second kappa shape index (κ2) is 8.35. The van der Waals surface area contributed by atoms with Gasteiger partial charge in [-0.15, -0.1) is 0 Å². The molecule has 2 aromatic rings. The number of nitrogens with one attached hydrogen (secondary N) is 3. The summed E-state index contributed by atoms with van der Waals surface area (Å²) in [7, 11) is 0. The minimum Gasteiger partial charge on any atom is -0.360 e. The third-order valence-corrected chi connectivity index (χ3v) is 4.19. The number of carbonyl (C=O) groups excluding carboxylic acids is 3. The molecular weight excluding hydrogens is 344 g/mol. The lowest BCUT2D eigenvalue weighted by atomic mass is 10.1. The molecule has 1 aliphatic heterocycles. The van der Waals surface area contributed by atoms with Gasteiger partial charge in [0.05, 0.1) is 13.0 Å². The Balaban J connectivity index is 1.54. The molecule has 0 aromatic heterocycles. The first-order valence-electron chi connectivity index (χ1n) is 8.78. The van der Waals surface area contributed by atoms with E-state index in [4.69, 9.17) is 0 Å². The summed E-state index contributed by atoms with van der Waals surface area (Å²) in [6, 6.07) is 14.6. The van der Waals surface area contributed by atoms with Gasteiger partial charge in [-0.05, 0) is 42.0 Å². The molecule has 3 rings (SSSR count). The Hall–Kier alpha value is -3.35. The quantitative estimate of drug-likeness (QED) is 0.752. The second-order valence-corrected chi connectivity index (χ2v) is 6.42. The van der Waals surface area contributed by atoms with Crippen LogP contribution in [0.15, 0.2) is 48.5 Å². The summed E-state index contributed by atoms with van der Waals surface area (Å²) in [5.74, 6) is -0.232. The van der Waals surface area contributed by atoms with Crippen molar-refractivity contribution in [3.8, 4) is 0 Å². The van der Waals surface area contributed by atoms with Crippen LogP contribution >= 0.6 is 0 Å². The molecule has 7 heteroatoms. The van der Waals surface area contributed by atoms with Gasteiger partial charge in [-0.3, -0.25) is 14.4 Å². The van der Waals surface area contributed by atoms with E-state index < -0.39 is 0 Å². The summed E-state index contributed by atoms with van der Waals surface area (Å²) in [6.07, 6.45) is 0.244. The number of rotatable bonds is 5. The SMILES string of the molecule is CC(=O)Nc1ccc(CC(=O)Nc2ccc(N3CCNC(=O)C3)cc2)cc1. The Morgan fingerprint density at radius 1 is 1.00 bits per heavy atom. The molecule has 0 saturated carbocycles. The van der Waals surface area contributed by atoms with E-state index in [-0.39, 0.29) is 24.1 Å². The third kappa shape index (κ3) is 5.31. The van der Waals surface area contributed by atoms with Crippen LogP contribution in [0.3, 0.4) is 0 Å². The average Bonchev–Trinajstić information content (AvgIpc) is 2.63. The zero-order valence-corrected chi connectivity index (χ0v) is 15.1. The predicted molar refractivity (Wildman–Crippen MR) is 105 cm³/mol. The lowest BCUT2D eigenvalue weighted by Gasteiger charge is -2.28. The predicted octanol–water partition coefficient (Wildman–Crippen LogP) is 1.76. The van der Waals surface area contributed by atoms with Gasteiger partial charge in [-0.1, -0.05) is 12.1 Å². The van der Waals surface area contributed by atoms with Crippen molar-refractivity contribution in [2.24, 2.45) is 0 Å². The maximum atomic E-state index is 12.2. The summed E-state index contributed by atoms with van der Waals surface area (Å²) >= 11 is 0. The first-order valence-corrected chi connectivity index (χ1v) is 8.78. The highest BCUT2D eigenvalue weighted by Gasteiger charge is 2.16. The fourth-order valence-electron chi connectivity index (χ4n) is 2.91. The Morgan fingerprint density at radius 3 is 2.26 bits per heavy atom. The van der Waals surface area contributed by atoms with E-state index in [2.05, 4.69) is 16.0 Å². The van der Waals surface area contributed by atoms with Crippen LogP contribution in [0, 0.1) is 0 Å². The van der Waals surface area contributed by atoms with E-state index in [0.29, 0.717) is 24.5 Å². The topological polar surface area (TPSA) is 90.5 Å². The van der Waals surface area contributed by atoms with Crippen molar-refractivity contribution in [3.63, 3.8) is 0 Å². The molecule has 3 N–H and O–H groups in total. The van der Waals surface area contributed by atoms with Gasteiger partial charge in [0.25, 0.3) is 0 Å². The molecule has 0 bridgehead atoms. The van der Waals surface area contributed by atoms with Crippen LogP contribution in [0.4, 0.5) is 17.1 Å². The molecule has 0 spiro atoms. The number of piperazine rings is 1. The Labute approximate surface area is 157 Å². The number of hydrogen-bond donors (Lipinski definition) is 3. The molecule has 0 radical (unpaired) electrons. The fraction of sp³-hybridized carbons (Fsp3) is 0.250. The van der Waals surface area contributed by atoms with Crippen LogP contribution in [-0.2, 0) is 20.8 Å². The summed E-state index contributed by atoms with van der Waals surface area (Å²) in [6.45, 7) is 3.21. The van der Waals surface area contributed by atoms with E-state index in [1.165, 1.54) is 6.92 Å². The van der Waals surface area contributed by atoms with Gasteiger partial charge in [0.1, 0.15) is 0 Å². The highest BCUT2D eigenvalue weighted by atomic mass is 16.2. The van der Waals surface area contributed by atoms with Crippen molar-refractivity contribution in [1.82, 2.24) is 5.32 Å². The van der Waals surface area contributed by atoms with Gasteiger partial charge in [0.15, 0.2) is 0 Å². The molecule has 1 heterocycles. The number of nitrogens with zero attached hydrogens (tertiary/aromatic N) is 1. The summed E-state index contributed by atoms with van der Waals surface area (Å²) in [5, 5.41) is 8.36. The van der Waals surface area contributed by atoms with E-state index in [1.54, 1.807) is 12.1 Å². The largest absolute Gasteiger partial charge is 0.360 e. The van der Waals surface area contributed by atoms with Crippen LogP contribution in [0.1, 0.15) is 12.5 Å². The van der Waals surface area contributed by atoms with Crippen LogP contribution < -0.4 is 20.9 Å². The average molecular weight is 366 g/mol. The fourth-order valence-corrected chi connectivity index (χ4v) is 2.91. The first-order chi connectivity index (χ1) is 13.0. The molecule has 1 aliphatic rings. The van der Waals surface area contributed by atoms with E-state index in [9.17, 15) is 14.4 Å². The smallest absolute Gasteiger partial charge is 0.239 e. The molecule has 0 atom stereocenters. The summed E-state index contributed by atoms with van der Waals surface area (Å²) in [4.78, 5) is 36.7. The van der Waals surface area contributed by atoms with Crippen molar-refractivity contribution in [2.45, 2.75) is 13.3 Å². The van der Waals surface area contributed by atoms with Crippen LogP contribution in [-0.4, -0.2) is 37.4 Å². The van der Waals surface area contributed by atoms with E-state index >= 15 is 0 Å². The van der Waals surface area contributed by atoms with Crippen molar-refractivity contribution < 1.29 is 14.4 Å². The number of anilines is 3. The van der Waals surface area contributed by atoms with Gasteiger partial charge in [-0.25, -0.2) is 0 Å². The molecule has 27 heavy (non-hydrogen) atoms. The van der Waals surface area contributed by atoms with E-state index in [0.717, 1.165) is 17.8 Å².